The van der Waals surface area contributed by atoms with Crippen LogP contribution < -0.4 is 16.4 Å². The molecule has 6 heteroatoms. The third-order valence-electron chi connectivity index (χ3n) is 3.49. The second-order valence-electron chi connectivity index (χ2n) is 6.08. The van der Waals surface area contributed by atoms with Gasteiger partial charge >= 0.3 is 0 Å². The summed E-state index contributed by atoms with van der Waals surface area (Å²) in [6.45, 7) is 4.46. The Morgan fingerprint density at radius 3 is 2.46 bits per heavy atom. The lowest BCUT2D eigenvalue weighted by molar-refractivity contribution is -0.122. The van der Waals surface area contributed by atoms with Gasteiger partial charge in [-0.2, -0.15) is 0 Å². The minimum atomic E-state index is -0.489. The van der Waals surface area contributed by atoms with E-state index in [1.165, 1.54) is 6.26 Å². The maximum absolute atomic E-state index is 11.9. The van der Waals surface area contributed by atoms with Gasteiger partial charge in [-0.3, -0.25) is 9.59 Å². The van der Waals surface area contributed by atoms with Crippen molar-refractivity contribution in [1.82, 2.24) is 5.32 Å². The molecule has 0 bridgehead atoms. The zero-order valence-corrected chi connectivity index (χ0v) is 13.9. The standard InChI is InChI=1S/C18H23N3O3/c1-12(2)10-15(19)17(22)20-11-13-5-7-14(8-6-13)21-18(23)16-4-3-9-24-16/h3-9,12,15H,10-11,19H2,1-2H3,(H,20,22)(H,21,23)/t15-/m0/s1. The van der Waals surface area contributed by atoms with Crippen molar-refractivity contribution in [3.05, 3.63) is 54.0 Å². The molecule has 6 nitrogen and oxygen atoms in total. The molecule has 0 aliphatic carbocycles. The van der Waals surface area contributed by atoms with Gasteiger partial charge in [0.2, 0.25) is 5.91 Å². The van der Waals surface area contributed by atoms with E-state index < -0.39 is 6.04 Å². The highest BCUT2D eigenvalue weighted by atomic mass is 16.3. The second kappa shape index (κ2) is 8.31. The SMILES string of the molecule is CC(C)C[C@H](N)C(=O)NCc1ccc(NC(=O)c2ccco2)cc1. The fourth-order valence-electron chi connectivity index (χ4n) is 2.24. The van der Waals surface area contributed by atoms with Crippen LogP contribution >= 0.6 is 0 Å². The summed E-state index contributed by atoms with van der Waals surface area (Å²) in [7, 11) is 0. The van der Waals surface area contributed by atoms with Crippen LogP contribution in [0, 0.1) is 5.92 Å². The summed E-state index contributed by atoms with van der Waals surface area (Å²) in [5, 5.41) is 5.56. The summed E-state index contributed by atoms with van der Waals surface area (Å²) in [4.78, 5) is 23.8. The molecule has 0 aliphatic heterocycles. The Morgan fingerprint density at radius 1 is 1.17 bits per heavy atom. The first-order valence-electron chi connectivity index (χ1n) is 7.93. The van der Waals surface area contributed by atoms with Crippen molar-refractivity contribution < 1.29 is 14.0 Å². The Hall–Kier alpha value is -2.60. The van der Waals surface area contributed by atoms with Crippen LogP contribution in [0.2, 0.25) is 0 Å². The maximum atomic E-state index is 11.9. The molecule has 2 rings (SSSR count). The van der Waals surface area contributed by atoms with E-state index >= 15 is 0 Å². The number of rotatable bonds is 7. The van der Waals surface area contributed by atoms with Crippen molar-refractivity contribution in [2.24, 2.45) is 11.7 Å². The molecule has 24 heavy (non-hydrogen) atoms. The van der Waals surface area contributed by atoms with Crippen LogP contribution in [0.3, 0.4) is 0 Å². The molecule has 0 fully saturated rings. The van der Waals surface area contributed by atoms with Crippen LogP contribution in [-0.4, -0.2) is 17.9 Å². The minimum absolute atomic E-state index is 0.154. The summed E-state index contributed by atoms with van der Waals surface area (Å²) in [6, 6.07) is 9.99. The molecule has 4 N–H and O–H groups in total. The summed E-state index contributed by atoms with van der Waals surface area (Å²) in [6.07, 6.45) is 2.11. The molecule has 0 radical (unpaired) electrons. The largest absolute Gasteiger partial charge is 0.459 e. The van der Waals surface area contributed by atoms with Crippen molar-refractivity contribution >= 4 is 17.5 Å². The molecule has 128 valence electrons. The Kier molecular flexibility index (Phi) is 6.14. The molecule has 0 spiro atoms. The van der Waals surface area contributed by atoms with Crippen LogP contribution in [0.4, 0.5) is 5.69 Å². The lowest BCUT2D eigenvalue weighted by Crippen LogP contribution is -2.41. The maximum Gasteiger partial charge on any atom is 0.291 e. The van der Waals surface area contributed by atoms with E-state index in [1.807, 2.05) is 26.0 Å². The Morgan fingerprint density at radius 2 is 1.88 bits per heavy atom. The monoisotopic (exact) mass is 329 g/mol. The molecular weight excluding hydrogens is 306 g/mol. The second-order valence-corrected chi connectivity index (χ2v) is 6.08. The van der Waals surface area contributed by atoms with E-state index in [-0.39, 0.29) is 17.6 Å². The number of carbonyl (C=O) groups is 2. The molecule has 0 unspecified atom stereocenters. The Balaban J connectivity index is 1.84. The summed E-state index contributed by atoms with van der Waals surface area (Å²) in [5.74, 6) is 0.174. The van der Waals surface area contributed by atoms with Crippen molar-refractivity contribution in [3.63, 3.8) is 0 Å². The smallest absolute Gasteiger partial charge is 0.291 e. The lowest BCUT2D eigenvalue weighted by Gasteiger charge is -2.14. The van der Waals surface area contributed by atoms with E-state index in [0.29, 0.717) is 24.6 Å². The quantitative estimate of drug-likeness (QED) is 0.727. The third-order valence-corrected chi connectivity index (χ3v) is 3.49. The molecule has 1 heterocycles. The number of nitrogens with two attached hydrogens (primary N) is 1. The van der Waals surface area contributed by atoms with Gasteiger partial charge in [-0.25, -0.2) is 0 Å². The number of benzene rings is 1. The molecule has 0 aliphatic rings. The predicted molar refractivity (Wildman–Crippen MR) is 92.4 cm³/mol. The van der Waals surface area contributed by atoms with E-state index in [2.05, 4.69) is 10.6 Å². The highest BCUT2D eigenvalue weighted by Gasteiger charge is 2.14. The van der Waals surface area contributed by atoms with Crippen molar-refractivity contribution in [2.45, 2.75) is 32.9 Å². The van der Waals surface area contributed by atoms with E-state index in [1.54, 1.807) is 24.3 Å². The third kappa shape index (κ3) is 5.24. The van der Waals surface area contributed by atoms with Gasteiger partial charge in [0.05, 0.1) is 12.3 Å². The van der Waals surface area contributed by atoms with Gasteiger partial charge in [0.1, 0.15) is 0 Å². The van der Waals surface area contributed by atoms with Gasteiger partial charge in [-0.15, -0.1) is 0 Å². The molecule has 1 aromatic carbocycles. The highest BCUT2D eigenvalue weighted by Crippen LogP contribution is 2.12. The fraction of sp³-hybridized carbons (Fsp3) is 0.333. The first-order chi connectivity index (χ1) is 11.5. The summed E-state index contributed by atoms with van der Waals surface area (Å²) in [5.41, 5.74) is 7.42. The molecule has 0 saturated heterocycles. The van der Waals surface area contributed by atoms with Crippen molar-refractivity contribution in [3.8, 4) is 0 Å². The van der Waals surface area contributed by atoms with Gasteiger partial charge in [0.25, 0.3) is 5.91 Å². The Labute approximate surface area is 141 Å². The van der Waals surface area contributed by atoms with Crippen LogP contribution in [0.5, 0.6) is 0 Å². The highest BCUT2D eigenvalue weighted by molar-refractivity contribution is 6.02. The molecule has 2 amide bonds. The lowest BCUT2D eigenvalue weighted by atomic mass is 10.0. The van der Waals surface area contributed by atoms with E-state index in [9.17, 15) is 9.59 Å². The fourth-order valence-corrected chi connectivity index (χ4v) is 2.24. The number of hydrogen-bond donors (Lipinski definition) is 3. The van der Waals surface area contributed by atoms with E-state index in [0.717, 1.165) is 5.56 Å². The van der Waals surface area contributed by atoms with Gasteiger partial charge in [-0.1, -0.05) is 26.0 Å². The van der Waals surface area contributed by atoms with Crippen LogP contribution in [0.15, 0.2) is 47.1 Å². The average molecular weight is 329 g/mol. The summed E-state index contributed by atoms with van der Waals surface area (Å²) < 4.78 is 5.03. The van der Waals surface area contributed by atoms with Crippen molar-refractivity contribution in [2.75, 3.05) is 5.32 Å². The van der Waals surface area contributed by atoms with Crippen LogP contribution in [0.25, 0.3) is 0 Å². The number of furan rings is 1. The Bertz CT molecular complexity index is 663. The van der Waals surface area contributed by atoms with Crippen molar-refractivity contribution in [1.29, 1.82) is 0 Å². The molecule has 1 aromatic heterocycles. The van der Waals surface area contributed by atoms with Gasteiger partial charge in [-0.05, 0) is 42.2 Å². The predicted octanol–water partition coefficient (Wildman–Crippen LogP) is 2.52. The van der Waals surface area contributed by atoms with Crippen LogP contribution in [0.1, 0.15) is 36.4 Å². The molecule has 1 atom stereocenters. The number of amides is 2. The topological polar surface area (TPSA) is 97.4 Å². The van der Waals surface area contributed by atoms with E-state index in [4.69, 9.17) is 10.2 Å². The molecule has 2 aromatic rings. The number of anilines is 1. The van der Waals surface area contributed by atoms with Gasteiger partial charge in [0, 0.05) is 12.2 Å². The first kappa shape index (κ1) is 17.7. The molecular formula is C18H23N3O3. The number of carbonyl (C=O) groups excluding carboxylic acids is 2. The minimum Gasteiger partial charge on any atom is -0.459 e. The zero-order valence-electron chi connectivity index (χ0n) is 13.9. The number of hydrogen-bond acceptors (Lipinski definition) is 4. The van der Waals surface area contributed by atoms with Gasteiger partial charge < -0.3 is 20.8 Å². The number of nitrogens with one attached hydrogen (secondary N) is 2. The summed E-state index contributed by atoms with van der Waals surface area (Å²) >= 11 is 0. The van der Waals surface area contributed by atoms with Gasteiger partial charge in [0.15, 0.2) is 5.76 Å². The molecule has 0 saturated carbocycles. The zero-order chi connectivity index (χ0) is 17.5. The first-order valence-corrected chi connectivity index (χ1v) is 7.93. The normalized spacial score (nSPS) is 12.0. The van der Waals surface area contributed by atoms with Crippen LogP contribution in [-0.2, 0) is 11.3 Å². The average Bonchev–Trinajstić information content (AvgIpc) is 3.07.